The average Bonchev–Trinajstić information content (AvgIpc) is 3.48. The van der Waals surface area contributed by atoms with Crippen molar-refractivity contribution in [2.45, 2.75) is 50.9 Å². The summed E-state index contributed by atoms with van der Waals surface area (Å²) in [5.74, 6) is 1.17. The maximum Gasteiger partial charge on any atom is 0.258 e. The first-order valence-corrected chi connectivity index (χ1v) is 15.2. The number of imidazole rings is 1. The summed E-state index contributed by atoms with van der Waals surface area (Å²) in [6.07, 6.45) is 3.11. The topological polar surface area (TPSA) is 124 Å². The van der Waals surface area contributed by atoms with Crippen molar-refractivity contribution < 1.29 is 28.6 Å². The van der Waals surface area contributed by atoms with Crippen molar-refractivity contribution in [2.75, 3.05) is 26.8 Å². The Morgan fingerprint density at radius 1 is 1.02 bits per heavy atom. The standard InChI is InChI=1S/C34H37N5O6/c1-43-31-18-23-8-12-30(31)44-21-33(41)37-27-20-38(34(42)15-17-39-22-36-26-4-2-3-5-28(26)39)16-14-29(27)45-25-10-6-24(7-11-25)19-35-32(40)13-9-23/h2-8,10-12,18,22,27,29H,9,13-17,19-21H2,1H3,(H,35,40)(H,37,41)/t27-,29-/m1/s1. The fourth-order valence-corrected chi connectivity index (χ4v) is 5.79. The summed E-state index contributed by atoms with van der Waals surface area (Å²) in [4.78, 5) is 45.2. The van der Waals surface area contributed by atoms with Crippen LogP contribution in [0.3, 0.4) is 0 Å². The van der Waals surface area contributed by atoms with E-state index < -0.39 is 6.04 Å². The summed E-state index contributed by atoms with van der Waals surface area (Å²) in [5, 5.41) is 6.03. The molecule has 5 aliphatic heterocycles. The van der Waals surface area contributed by atoms with E-state index in [-0.39, 0.29) is 30.4 Å². The monoisotopic (exact) mass is 611 g/mol. The number of nitrogens with one attached hydrogen (secondary N) is 2. The number of aromatic nitrogens is 2. The maximum absolute atomic E-state index is 13.4. The minimum atomic E-state index is -0.457. The molecule has 3 aromatic carbocycles. The Morgan fingerprint density at radius 2 is 1.84 bits per heavy atom. The second-order valence-corrected chi connectivity index (χ2v) is 11.3. The van der Waals surface area contributed by atoms with Crippen molar-refractivity contribution in [1.29, 1.82) is 0 Å². The smallest absolute Gasteiger partial charge is 0.258 e. The zero-order valence-corrected chi connectivity index (χ0v) is 25.2. The number of methoxy groups -OCH3 is 1. The molecule has 2 atom stereocenters. The van der Waals surface area contributed by atoms with Crippen molar-refractivity contribution in [3.8, 4) is 17.2 Å². The van der Waals surface area contributed by atoms with Gasteiger partial charge in [0, 0.05) is 45.4 Å². The summed E-state index contributed by atoms with van der Waals surface area (Å²) in [5.41, 5.74) is 3.75. The van der Waals surface area contributed by atoms with Crippen LogP contribution in [-0.2, 0) is 33.9 Å². The second kappa shape index (κ2) is 13.7. The van der Waals surface area contributed by atoms with Gasteiger partial charge < -0.3 is 34.3 Å². The second-order valence-electron chi connectivity index (χ2n) is 11.3. The summed E-state index contributed by atoms with van der Waals surface area (Å²) in [6, 6.07) is 20.4. The van der Waals surface area contributed by atoms with E-state index in [2.05, 4.69) is 15.6 Å². The highest BCUT2D eigenvalue weighted by atomic mass is 16.5. The van der Waals surface area contributed by atoms with Gasteiger partial charge in [0.15, 0.2) is 18.1 Å². The van der Waals surface area contributed by atoms with Crippen molar-refractivity contribution in [3.05, 3.63) is 84.2 Å². The highest BCUT2D eigenvalue weighted by Crippen LogP contribution is 2.29. The van der Waals surface area contributed by atoms with Gasteiger partial charge in [-0.15, -0.1) is 0 Å². The third-order valence-corrected chi connectivity index (χ3v) is 8.27. The van der Waals surface area contributed by atoms with Crippen molar-refractivity contribution in [1.82, 2.24) is 25.1 Å². The molecular formula is C34H37N5O6. The summed E-state index contributed by atoms with van der Waals surface area (Å²) in [7, 11) is 1.53. The lowest BCUT2D eigenvalue weighted by Crippen LogP contribution is -2.58. The molecule has 2 N–H and O–H groups in total. The number of amides is 3. The molecule has 9 rings (SSSR count). The Labute approximate surface area is 261 Å². The number of carbonyl (C=O) groups is 3. The van der Waals surface area contributed by atoms with E-state index in [9.17, 15) is 14.4 Å². The number of likely N-dealkylation sites (tertiary alicyclic amines) is 1. The number of rotatable bonds is 4. The van der Waals surface area contributed by atoms with Gasteiger partial charge in [0.2, 0.25) is 11.8 Å². The number of hydrogen-bond acceptors (Lipinski definition) is 7. The van der Waals surface area contributed by atoms with E-state index in [0.717, 1.165) is 22.2 Å². The average molecular weight is 612 g/mol. The van der Waals surface area contributed by atoms with E-state index in [1.165, 1.54) is 7.11 Å². The van der Waals surface area contributed by atoms with Gasteiger partial charge >= 0.3 is 0 Å². The Morgan fingerprint density at radius 3 is 2.69 bits per heavy atom. The van der Waals surface area contributed by atoms with Crippen LogP contribution in [0.1, 0.15) is 30.4 Å². The van der Waals surface area contributed by atoms with Crippen LogP contribution in [-0.4, -0.2) is 71.1 Å². The molecule has 11 heteroatoms. The lowest BCUT2D eigenvalue weighted by molar-refractivity contribution is -0.135. The molecule has 6 heterocycles. The predicted molar refractivity (Wildman–Crippen MR) is 167 cm³/mol. The van der Waals surface area contributed by atoms with Crippen LogP contribution in [0.15, 0.2) is 73.1 Å². The van der Waals surface area contributed by atoms with E-state index in [1.807, 2.05) is 65.2 Å². The van der Waals surface area contributed by atoms with Gasteiger partial charge in [0.1, 0.15) is 11.9 Å². The fourth-order valence-electron chi connectivity index (χ4n) is 5.79. The number of nitrogens with zero attached hydrogens (tertiary/aromatic N) is 3. The fraction of sp³-hybridized carbons (Fsp3) is 0.353. The van der Waals surface area contributed by atoms with Crippen LogP contribution in [0.25, 0.3) is 11.0 Å². The molecule has 1 aromatic heterocycles. The molecule has 3 amide bonds. The van der Waals surface area contributed by atoms with E-state index >= 15 is 0 Å². The molecule has 45 heavy (non-hydrogen) atoms. The Hall–Kier alpha value is -5.06. The molecule has 0 spiro atoms. The number of para-hydroxylation sites is 2. The molecule has 0 saturated carbocycles. The minimum absolute atomic E-state index is 0.000559. The maximum atomic E-state index is 13.4. The van der Waals surface area contributed by atoms with Crippen LogP contribution in [0, 0.1) is 0 Å². The number of ether oxygens (including phenoxy) is 3. The van der Waals surface area contributed by atoms with Gasteiger partial charge in [-0.3, -0.25) is 14.4 Å². The van der Waals surface area contributed by atoms with Gasteiger partial charge in [0.25, 0.3) is 5.91 Å². The molecule has 5 aliphatic rings. The first-order valence-electron chi connectivity index (χ1n) is 15.2. The van der Waals surface area contributed by atoms with Crippen molar-refractivity contribution in [3.63, 3.8) is 0 Å². The molecule has 1 saturated heterocycles. The lowest BCUT2D eigenvalue weighted by Gasteiger charge is -2.39. The first kappa shape index (κ1) is 30.0. The molecule has 234 valence electrons. The van der Waals surface area contributed by atoms with Crippen molar-refractivity contribution >= 4 is 28.8 Å². The molecule has 0 unspecified atom stereocenters. The highest BCUT2D eigenvalue weighted by molar-refractivity contribution is 5.79. The van der Waals surface area contributed by atoms with Crippen LogP contribution >= 0.6 is 0 Å². The number of piperidine rings is 1. The molecule has 0 aliphatic carbocycles. The number of aryl methyl sites for hydroxylation is 2. The summed E-state index contributed by atoms with van der Waals surface area (Å²) >= 11 is 0. The number of benzene rings is 3. The van der Waals surface area contributed by atoms with Gasteiger partial charge in [-0.25, -0.2) is 4.98 Å². The third-order valence-electron chi connectivity index (χ3n) is 8.27. The zero-order valence-electron chi connectivity index (χ0n) is 25.2. The molecule has 4 bridgehead atoms. The first-order chi connectivity index (χ1) is 21.9. The van der Waals surface area contributed by atoms with Crippen LogP contribution in [0.5, 0.6) is 17.2 Å². The van der Waals surface area contributed by atoms with Gasteiger partial charge in [-0.05, 0) is 53.9 Å². The quantitative estimate of drug-likeness (QED) is 0.363. The number of carbonyl (C=O) groups excluding carboxylic acids is 3. The largest absolute Gasteiger partial charge is 0.493 e. The molecule has 4 aromatic rings. The number of fused-ring (bicyclic) bond motifs is 1. The van der Waals surface area contributed by atoms with Gasteiger partial charge in [0.05, 0.1) is 30.5 Å². The predicted octanol–water partition coefficient (Wildman–Crippen LogP) is 3.24. The molecule has 1 fully saturated rings. The molecular weight excluding hydrogens is 574 g/mol. The van der Waals surface area contributed by atoms with Crippen LogP contribution < -0.4 is 24.8 Å². The minimum Gasteiger partial charge on any atom is -0.493 e. The molecule has 0 radical (unpaired) electrons. The van der Waals surface area contributed by atoms with Crippen molar-refractivity contribution in [2.24, 2.45) is 0 Å². The highest BCUT2D eigenvalue weighted by Gasteiger charge is 2.34. The zero-order chi connectivity index (χ0) is 31.2. The van der Waals surface area contributed by atoms with E-state index in [0.29, 0.717) is 69.1 Å². The Balaban J connectivity index is 1.17. The van der Waals surface area contributed by atoms with E-state index in [1.54, 1.807) is 17.3 Å². The Bertz CT molecular complexity index is 1670. The summed E-state index contributed by atoms with van der Waals surface area (Å²) in [6.45, 7) is 1.49. The lowest BCUT2D eigenvalue weighted by atomic mass is 10.0. The summed E-state index contributed by atoms with van der Waals surface area (Å²) < 4.78 is 19.7. The third kappa shape index (κ3) is 7.36. The van der Waals surface area contributed by atoms with Crippen LogP contribution in [0.2, 0.25) is 0 Å². The molecule has 11 nitrogen and oxygen atoms in total. The normalized spacial score (nSPS) is 19.2. The van der Waals surface area contributed by atoms with Gasteiger partial charge in [-0.2, -0.15) is 0 Å². The van der Waals surface area contributed by atoms with Crippen LogP contribution in [0.4, 0.5) is 0 Å². The number of hydrogen-bond donors (Lipinski definition) is 2. The van der Waals surface area contributed by atoms with E-state index in [4.69, 9.17) is 14.2 Å². The Kier molecular flexibility index (Phi) is 9.14. The van der Waals surface area contributed by atoms with Gasteiger partial charge in [-0.1, -0.05) is 30.3 Å². The SMILES string of the molecule is COc1cc2ccc1OCC(=O)N[C@@H]1CN(C(=O)CCn3cnc4ccccc43)CC[C@H]1Oc1ccc(cc1)CNC(=O)CC2.